The van der Waals surface area contributed by atoms with Gasteiger partial charge in [0.25, 0.3) is 0 Å². The number of fused-ring (bicyclic) bond motifs is 1. The van der Waals surface area contributed by atoms with E-state index in [1.165, 1.54) is 27.9 Å². The normalized spacial score (nSPS) is 32.3. The monoisotopic (exact) mass is 682 g/mol. The number of hydrogen-bond donors (Lipinski definition) is 0. The van der Waals surface area contributed by atoms with E-state index in [1.807, 2.05) is 30.3 Å². The first kappa shape index (κ1) is 37.4. The van der Waals surface area contributed by atoms with E-state index < -0.39 is 81.8 Å². The number of esters is 3. The number of benzene rings is 1. The summed E-state index contributed by atoms with van der Waals surface area (Å²) in [6, 6.07) is 9.75. The van der Waals surface area contributed by atoms with Gasteiger partial charge in [-0.05, 0) is 5.56 Å². The molecular weight excluding hydrogens is 632 g/mol. The van der Waals surface area contributed by atoms with E-state index >= 15 is 0 Å². The molecule has 264 valence electrons. The van der Waals surface area contributed by atoms with Crippen LogP contribution in [0, 0.1) is 0 Å². The van der Waals surface area contributed by atoms with Gasteiger partial charge in [0.15, 0.2) is 30.9 Å². The lowest BCUT2D eigenvalue weighted by molar-refractivity contribution is -0.310. The topological polar surface area (TPSA) is 144 Å². The fraction of sp³-hybridized carbons (Fsp3) is 0.727. The van der Waals surface area contributed by atoms with Gasteiger partial charge >= 0.3 is 26.5 Å². The van der Waals surface area contributed by atoms with Gasteiger partial charge in [0.05, 0.1) is 19.8 Å². The Hall–Kier alpha value is -2.43. The summed E-state index contributed by atoms with van der Waals surface area (Å²) in [7, 11) is -1.55. The molecule has 3 heterocycles. The molecule has 0 N–H and O–H groups in total. The zero-order valence-electron chi connectivity index (χ0n) is 29.0. The Labute approximate surface area is 278 Å². The van der Waals surface area contributed by atoms with Crippen LogP contribution in [0.25, 0.3) is 0 Å². The van der Waals surface area contributed by atoms with Crippen LogP contribution >= 0.6 is 0 Å². The Morgan fingerprint density at radius 1 is 0.766 bits per heavy atom. The standard InChI is InChI=1S/C33H50O13Si/c1-19(34)41-25-23(44-30(37-10)29(43-21(3)36)27(25)42-20(2)35)17-39-31-28(38-16-22-14-12-11-13-15-22)26-24(45-31)18-40-47(46-26,32(4,5)6)33(7,8)9/h11-15,23-31H,16-18H2,1-10H3/t23-,24+,25+,26+,27+,28-,29-,30-,31+/m1/s1. The summed E-state index contributed by atoms with van der Waals surface area (Å²) in [5.74, 6) is -2.01. The molecule has 0 unspecified atom stereocenters. The van der Waals surface area contributed by atoms with E-state index in [9.17, 15) is 14.4 Å². The number of hydrogen-bond acceptors (Lipinski definition) is 13. The zero-order valence-corrected chi connectivity index (χ0v) is 30.0. The summed E-state index contributed by atoms with van der Waals surface area (Å²) in [6.45, 7) is 16.8. The molecule has 1 aromatic carbocycles. The second kappa shape index (κ2) is 15.0. The van der Waals surface area contributed by atoms with Gasteiger partial charge in [-0.25, -0.2) is 0 Å². The lowest BCUT2D eigenvalue weighted by Gasteiger charge is -2.53. The molecule has 0 amide bonds. The number of carbonyl (C=O) groups is 3. The van der Waals surface area contributed by atoms with Gasteiger partial charge in [-0.3, -0.25) is 14.4 Å². The highest BCUT2D eigenvalue weighted by Crippen LogP contribution is 2.55. The molecule has 9 atom stereocenters. The van der Waals surface area contributed by atoms with Gasteiger partial charge < -0.3 is 46.7 Å². The smallest absolute Gasteiger partial charge is 0.349 e. The minimum Gasteiger partial charge on any atom is -0.456 e. The van der Waals surface area contributed by atoms with Crippen molar-refractivity contribution in [3.05, 3.63) is 35.9 Å². The third kappa shape index (κ3) is 8.42. The van der Waals surface area contributed by atoms with Gasteiger partial charge in [0.2, 0.25) is 0 Å². The molecule has 13 nitrogen and oxygen atoms in total. The van der Waals surface area contributed by atoms with Crippen molar-refractivity contribution in [1.29, 1.82) is 0 Å². The largest absolute Gasteiger partial charge is 0.456 e. The molecule has 14 heteroatoms. The predicted octanol–water partition coefficient (Wildman–Crippen LogP) is 3.94. The van der Waals surface area contributed by atoms with E-state index in [0.29, 0.717) is 6.61 Å². The second-order valence-electron chi connectivity index (χ2n) is 14.1. The Kier molecular flexibility index (Phi) is 11.9. The van der Waals surface area contributed by atoms with Crippen molar-refractivity contribution < 1.29 is 61.1 Å². The Balaban J connectivity index is 1.62. The Bertz CT molecular complexity index is 1220. The molecule has 47 heavy (non-hydrogen) atoms. The fourth-order valence-electron chi connectivity index (χ4n) is 6.75. The van der Waals surface area contributed by atoms with Crippen LogP contribution in [0.2, 0.25) is 10.1 Å². The second-order valence-corrected chi connectivity index (χ2v) is 18.9. The fourth-order valence-corrected chi connectivity index (χ4v) is 11.7. The molecule has 3 aliphatic heterocycles. The molecule has 0 spiro atoms. The SMILES string of the molecule is CO[C@@H]1O[C@H](CO[C@H]2O[C@H]3CO[Si](C(C)(C)C)(C(C)(C)C)O[C@@H]3[C@H]2OCc2ccccc2)[C@H](OC(C)=O)[C@H](OC(C)=O)[C@H]1OC(C)=O. The van der Waals surface area contributed by atoms with Crippen LogP contribution in [-0.2, 0) is 67.7 Å². The average molecular weight is 683 g/mol. The van der Waals surface area contributed by atoms with Crippen molar-refractivity contribution in [2.24, 2.45) is 0 Å². The van der Waals surface area contributed by atoms with Crippen LogP contribution < -0.4 is 0 Å². The average Bonchev–Trinajstić information content (AvgIpc) is 3.32. The highest BCUT2D eigenvalue weighted by molar-refractivity contribution is 6.73. The maximum Gasteiger partial charge on any atom is 0.349 e. The van der Waals surface area contributed by atoms with Crippen molar-refractivity contribution in [2.45, 2.75) is 134 Å². The molecular formula is C33H50O13Si. The third-order valence-corrected chi connectivity index (χ3v) is 13.6. The van der Waals surface area contributed by atoms with E-state index in [-0.39, 0.29) is 23.3 Å². The first-order valence-corrected chi connectivity index (χ1v) is 17.7. The first-order valence-electron chi connectivity index (χ1n) is 15.9. The lowest BCUT2D eigenvalue weighted by Crippen LogP contribution is -2.65. The van der Waals surface area contributed by atoms with Crippen LogP contribution in [0.5, 0.6) is 0 Å². The molecule has 0 saturated carbocycles. The van der Waals surface area contributed by atoms with E-state index in [4.69, 9.17) is 46.7 Å². The maximum absolute atomic E-state index is 12.2. The molecule has 0 aliphatic carbocycles. The van der Waals surface area contributed by atoms with E-state index in [1.54, 1.807) is 0 Å². The number of ether oxygens (including phenoxy) is 8. The van der Waals surface area contributed by atoms with Gasteiger partial charge in [0, 0.05) is 38.0 Å². The van der Waals surface area contributed by atoms with Crippen LogP contribution in [0.1, 0.15) is 67.9 Å². The summed E-state index contributed by atoms with van der Waals surface area (Å²) >= 11 is 0. The molecule has 4 rings (SSSR count). The van der Waals surface area contributed by atoms with Crippen molar-refractivity contribution in [3.63, 3.8) is 0 Å². The van der Waals surface area contributed by atoms with Gasteiger partial charge in [-0.1, -0.05) is 71.9 Å². The van der Waals surface area contributed by atoms with Crippen molar-refractivity contribution >= 4 is 26.5 Å². The molecule has 0 bridgehead atoms. The summed E-state index contributed by atoms with van der Waals surface area (Å²) in [5, 5.41) is -0.544. The molecule has 0 radical (unpaired) electrons. The number of rotatable bonds is 10. The highest BCUT2D eigenvalue weighted by Gasteiger charge is 2.65. The lowest BCUT2D eigenvalue weighted by atomic mass is 9.98. The minimum absolute atomic E-state index is 0.195. The molecule has 1 aromatic rings. The van der Waals surface area contributed by atoms with Crippen molar-refractivity contribution in [1.82, 2.24) is 0 Å². The Morgan fingerprint density at radius 3 is 1.89 bits per heavy atom. The van der Waals surface area contributed by atoms with Gasteiger partial charge in [-0.2, -0.15) is 0 Å². The molecule has 3 saturated heterocycles. The van der Waals surface area contributed by atoms with Crippen LogP contribution in [0.3, 0.4) is 0 Å². The summed E-state index contributed by atoms with van der Waals surface area (Å²) in [4.78, 5) is 36.3. The van der Waals surface area contributed by atoms with Crippen molar-refractivity contribution in [2.75, 3.05) is 20.3 Å². The third-order valence-electron chi connectivity index (χ3n) is 8.43. The van der Waals surface area contributed by atoms with Crippen LogP contribution in [0.4, 0.5) is 0 Å². The zero-order chi connectivity index (χ0) is 34.7. The Morgan fingerprint density at radius 2 is 1.34 bits per heavy atom. The quantitative estimate of drug-likeness (QED) is 0.200. The van der Waals surface area contributed by atoms with Crippen molar-refractivity contribution in [3.8, 4) is 0 Å². The van der Waals surface area contributed by atoms with E-state index in [2.05, 4.69) is 41.5 Å². The summed E-state index contributed by atoms with van der Waals surface area (Å²) in [6.07, 6.45) is -8.40. The van der Waals surface area contributed by atoms with Crippen LogP contribution in [-0.4, -0.2) is 102 Å². The number of methoxy groups -OCH3 is 1. The van der Waals surface area contributed by atoms with Gasteiger partial charge in [0.1, 0.15) is 24.4 Å². The number of carbonyl (C=O) groups excluding carboxylic acids is 3. The van der Waals surface area contributed by atoms with Crippen LogP contribution in [0.15, 0.2) is 30.3 Å². The molecule has 3 fully saturated rings. The summed E-state index contributed by atoms with van der Waals surface area (Å²) in [5.41, 5.74) is 0.964. The summed E-state index contributed by atoms with van der Waals surface area (Å²) < 4.78 is 61.0. The van der Waals surface area contributed by atoms with E-state index in [0.717, 1.165) is 5.56 Å². The predicted molar refractivity (Wildman–Crippen MR) is 168 cm³/mol. The first-order chi connectivity index (χ1) is 22.0. The maximum atomic E-state index is 12.2. The highest BCUT2D eigenvalue weighted by atomic mass is 28.4. The molecule has 3 aliphatic rings. The minimum atomic E-state index is -2.90. The van der Waals surface area contributed by atoms with Gasteiger partial charge in [-0.15, -0.1) is 0 Å². The molecule has 0 aromatic heterocycles.